The van der Waals surface area contributed by atoms with Gasteiger partial charge in [-0.1, -0.05) is 11.8 Å². The van der Waals surface area contributed by atoms with Crippen molar-refractivity contribution in [3.63, 3.8) is 0 Å². The van der Waals surface area contributed by atoms with Gasteiger partial charge in [0.05, 0.1) is 11.5 Å². The molecule has 0 saturated heterocycles. The third-order valence-corrected chi connectivity index (χ3v) is 2.35. The van der Waals surface area contributed by atoms with E-state index in [1.54, 1.807) is 39.8 Å². The van der Waals surface area contributed by atoms with Crippen molar-refractivity contribution in [1.82, 2.24) is 5.32 Å². The Balaban J connectivity index is 2.58. The molecule has 21 heavy (non-hydrogen) atoms. The number of alkyl carbamates (subject to hydrolysis) is 1. The second kappa shape index (κ2) is 6.75. The maximum absolute atomic E-state index is 11.4. The lowest BCUT2D eigenvalue weighted by atomic mass is 10.1. The Bertz CT molecular complexity index is 606. The molecule has 1 N–H and O–H groups in total. The predicted molar refractivity (Wildman–Crippen MR) is 78.9 cm³/mol. The fourth-order valence-electron chi connectivity index (χ4n) is 1.51. The Morgan fingerprint density at radius 2 is 2.10 bits per heavy atom. The summed E-state index contributed by atoms with van der Waals surface area (Å²) in [5.41, 5.74) is 0.718. The van der Waals surface area contributed by atoms with Gasteiger partial charge >= 0.3 is 6.09 Å². The van der Waals surface area contributed by atoms with Crippen molar-refractivity contribution in [2.45, 2.75) is 33.3 Å². The van der Waals surface area contributed by atoms with E-state index in [9.17, 15) is 14.9 Å². The fourth-order valence-corrected chi connectivity index (χ4v) is 1.51. The van der Waals surface area contributed by atoms with Gasteiger partial charge in [0.2, 0.25) is 0 Å². The normalized spacial score (nSPS) is 10.3. The lowest BCUT2D eigenvalue weighted by Crippen LogP contribution is -2.32. The minimum Gasteiger partial charge on any atom is -0.444 e. The molecule has 0 fully saturated rings. The number of amides is 1. The van der Waals surface area contributed by atoms with Gasteiger partial charge in [-0.05, 0) is 39.8 Å². The van der Waals surface area contributed by atoms with Crippen LogP contribution in [0.25, 0.3) is 0 Å². The van der Waals surface area contributed by atoms with Crippen LogP contribution in [0, 0.1) is 28.9 Å². The molecule has 0 bridgehead atoms. The summed E-state index contributed by atoms with van der Waals surface area (Å²) in [5.74, 6) is 5.59. The number of hydrogen-bond donors (Lipinski definition) is 1. The molecule has 0 aliphatic heterocycles. The van der Waals surface area contributed by atoms with Crippen LogP contribution in [-0.4, -0.2) is 23.2 Å². The lowest BCUT2D eigenvalue weighted by Gasteiger charge is -2.18. The number of rotatable bonds is 2. The van der Waals surface area contributed by atoms with Crippen LogP contribution < -0.4 is 5.32 Å². The summed E-state index contributed by atoms with van der Waals surface area (Å²) in [6.07, 6.45) is -0.531. The summed E-state index contributed by atoms with van der Waals surface area (Å²) in [6, 6.07) is 4.63. The second-order valence-electron chi connectivity index (χ2n) is 5.42. The van der Waals surface area contributed by atoms with Crippen LogP contribution in [-0.2, 0) is 4.74 Å². The highest BCUT2D eigenvalue weighted by Gasteiger charge is 2.15. The Hall–Kier alpha value is -2.55. The molecule has 1 aromatic rings. The smallest absolute Gasteiger partial charge is 0.408 e. The van der Waals surface area contributed by atoms with Gasteiger partial charge in [0.1, 0.15) is 5.60 Å². The minimum atomic E-state index is -0.549. The zero-order valence-corrected chi connectivity index (χ0v) is 12.5. The number of nitrogens with zero attached hydrogens (tertiary/aromatic N) is 1. The maximum atomic E-state index is 11.4. The topological polar surface area (TPSA) is 81.5 Å². The summed E-state index contributed by atoms with van der Waals surface area (Å²) in [5, 5.41) is 13.2. The summed E-state index contributed by atoms with van der Waals surface area (Å²) < 4.78 is 5.06. The number of benzene rings is 1. The molecule has 0 saturated carbocycles. The maximum Gasteiger partial charge on any atom is 0.408 e. The van der Waals surface area contributed by atoms with Crippen molar-refractivity contribution in [3.8, 4) is 11.8 Å². The molecule has 112 valence electrons. The van der Waals surface area contributed by atoms with E-state index in [4.69, 9.17) is 4.74 Å². The van der Waals surface area contributed by atoms with E-state index in [1.165, 1.54) is 6.07 Å². The number of carbonyl (C=O) groups excluding carboxylic acids is 1. The van der Waals surface area contributed by atoms with Crippen molar-refractivity contribution in [2.24, 2.45) is 0 Å². The van der Waals surface area contributed by atoms with E-state index in [1.807, 2.05) is 0 Å². The standard InChI is InChI=1S/C15H18N2O4/c1-11-10-12(7-8-13(11)17(19)20)6-5-9-16-14(18)21-15(2,3)4/h7-8,10H,9H2,1-4H3,(H,16,18). The molecule has 0 spiro atoms. The molecule has 0 aliphatic carbocycles. The fraction of sp³-hybridized carbons (Fsp3) is 0.400. The van der Waals surface area contributed by atoms with Crippen molar-refractivity contribution < 1.29 is 14.5 Å². The van der Waals surface area contributed by atoms with Gasteiger partial charge in [-0.2, -0.15) is 0 Å². The first-order chi connectivity index (χ1) is 9.69. The molecule has 1 aromatic carbocycles. The van der Waals surface area contributed by atoms with Gasteiger partial charge in [-0.15, -0.1) is 0 Å². The molecule has 0 atom stereocenters. The quantitative estimate of drug-likeness (QED) is 0.516. The van der Waals surface area contributed by atoms with E-state index < -0.39 is 16.6 Å². The van der Waals surface area contributed by atoms with Crippen LogP contribution in [0.15, 0.2) is 18.2 Å². The van der Waals surface area contributed by atoms with Crippen LogP contribution >= 0.6 is 0 Å². The average Bonchev–Trinajstić information content (AvgIpc) is 2.32. The minimum absolute atomic E-state index is 0.0624. The van der Waals surface area contributed by atoms with Crippen LogP contribution in [0.3, 0.4) is 0 Å². The summed E-state index contributed by atoms with van der Waals surface area (Å²) in [7, 11) is 0. The molecule has 1 rings (SSSR count). The zero-order chi connectivity index (χ0) is 16.0. The van der Waals surface area contributed by atoms with Gasteiger partial charge in [0.15, 0.2) is 0 Å². The Morgan fingerprint density at radius 1 is 1.43 bits per heavy atom. The van der Waals surface area contributed by atoms with Crippen molar-refractivity contribution in [1.29, 1.82) is 0 Å². The van der Waals surface area contributed by atoms with E-state index in [0.29, 0.717) is 11.1 Å². The Morgan fingerprint density at radius 3 is 2.62 bits per heavy atom. The molecular formula is C15H18N2O4. The van der Waals surface area contributed by atoms with Gasteiger partial charge in [-0.25, -0.2) is 4.79 Å². The SMILES string of the molecule is Cc1cc(C#CCNC(=O)OC(C)(C)C)ccc1[N+](=O)[O-]. The molecule has 0 aromatic heterocycles. The molecule has 6 heteroatoms. The highest BCUT2D eigenvalue weighted by atomic mass is 16.6. The highest BCUT2D eigenvalue weighted by molar-refractivity contribution is 5.68. The molecule has 6 nitrogen and oxygen atoms in total. The van der Waals surface area contributed by atoms with Crippen LogP contribution in [0.2, 0.25) is 0 Å². The van der Waals surface area contributed by atoms with Gasteiger partial charge < -0.3 is 10.1 Å². The third kappa shape index (κ3) is 5.95. The highest BCUT2D eigenvalue weighted by Crippen LogP contribution is 2.18. The first-order valence-electron chi connectivity index (χ1n) is 6.40. The predicted octanol–water partition coefficient (Wildman–Crippen LogP) is 2.78. The van der Waals surface area contributed by atoms with E-state index >= 15 is 0 Å². The van der Waals surface area contributed by atoms with E-state index in [2.05, 4.69) is 17.2 Å². The number of carbonyl (C=O) groups is 1. The van der Waals surface area contributed by atoms with E-state index in [0.717, 1.165) is 0 Å². The zero-order valence-electron chi connectivity index (χ0n) is 12.5. The van der Waals surface area contributed by atoms with Gasteiger partial charge in [0, 0.05) is 17.2 Å². The largest absolute Gasteiger partial charge is 0.444 e. The Labute approximate surface area is 123 Å². The molecule has 0 radical (unpaired) electrons. The van der Waals surface area contributed by atoms with Crippen molar-refractivity contribution in [2.75, 3.05) is 6.54 Å². The number of ether oxygens (including phenoxy) is 1. The van der Waals surface area contributed by atoms with Crippen LogP contribution in [0.1, 0.15) is 31.9 Å². The first-order valence-corrected chi connectivity index (χ1v) is 6.40. The number of aryl methyl sites for hydroxylation is 1. The first kappa shape index (κ1) is 16.5. The molecular weight excluding hydrogens is 272 g/mol. The third-order valence-electron chi connectivity index (χ3n) is 2.35. The number of nitro benzene ring substituents is 1. The van der Waals surface area contributed by atoms with Crippen LogP contribution in [0.5, 0.6) is 0 Å². The monoisotopic (exact) mass is 290 g/mol. The molecule has 1 amide bonds. The lowest BCUT2D eigenvalue weighted by molar-refractivity contribution is -0.385. The summed E-state index contributed by atoms with van der Waals surface area (Å²) in [4.78, 5) is 21.6. The second-order valence-corrected chi connectivity index (χ2v) is 5.42. The Kier molecular flexibility index (Phi) is 5.30. The number of hydrogen-bond acceptors (Lipinski definition) is 4. The van der Waals surface area contributed by atoms with Gasteiger partial charge in [0.25, 0.3) is 5.69 Å². The average molecular weight is 290 g/mol. The number of nitrogens with one attached hydrogen (secondary N) is 1. The van der Waals surface area contributed by atoms with Crippen LogP contribution in [0.4, 0.5) is 10.5 Å². The molecule has 0 unspecified atom stereocenters. The summed E-state index contributed by atoms with van der Waals surface area (Å²) >= 11 is 0. The van der Waals surface area contributed by atoms with Crippen molar-refractivity contribution >= 4 is 11.8 Å². The van der Waals surface area contributed by atoms with Gasteiger partial charge in [-0.3, -0.25) is 10.1 Å². The summed E-state index contributed by atoms with van der Waals surface area (Å²) in [6.45, 7) is 7.13. The van der Waals surface area contributed by atoms with Crippen molar-refractivity contribution in [3.05, 3.63) is 39.4 Å². The molecule has 0 heterocycles. The van der Waals surface area contributed by atoms with E-state index in [-0.39, 0.29) is 12.2 Å². The molecule has 0 aliphatic rings. The number of nitro groups is 1.